The van der Waals surface area contributed by atoms with E-state index in [1.54, 1.807) is 60.7 Å². The van der Waals surface area contributed by atoms with Crippen molar-refractivity contribution in [2.45, 2.75) is 32.2 Å². The Morgan fingerprint density at radius 1 is 0.944 bits per heavy atom. The van der Waals surface area contributed by atoms with Gasteiger partial charge in [0, 0.05) is 0 Å². The number of nitrogens with zero attached hydrogens (tertiary/aromatic N) is 6. The first-order valence-corrected chi connectivity index (χ1v) is 17.3. The smallest absolute Gasteiger partial charge is 0.502 e. The maximum atomic E-state index is 13.5. The number of benzene rings is 2. The zero-order chi connectivity index (χ0) is 38.0. The number of aliphatic hydroxyl groups excluding tert-OH is 1. The molecular weight excluding hydrogens is 733 g/mol. The molecule has 3 atom stereocenters. The number of H-pyrrole nitrogens is 1. The van der Waals surface area contributed by atoms with Crippen LogP contribution in [-0.2, 0) is 42.9 Å². The molecular formula is C32H30N9O12P. The van der Waals surface area contributed by atoms with E-state index in [1.165, 1.54) is 10.9 Å². The topological polar surface area (TPSA) is 300 Å². The van der Waals surface area contributed by atoms with Crippen LogP contribution in [0.5, 0.6) is 11.5 Å². The Labute approximate surface area is 302 Å². The van der Waals surface area contributed by atoms with Crippen LogP contribution in [0.2, 0.25) is 0 Å². The molecule has 54 heavy (non-hydrogen) atoms. The lowest BCUT2D eigenvalue weighted by Crippen LogP contribution is -2.27. The fourth-order valence-corrected chi connectivity index (χ4v) is 6.14. The number of nitrogen functional groups attached to an aromatic ring is 2. The minimum atomic E-state index is -5.20. The summed E-state index contributed by atoms with van der Waals surface area (Å²) in [5.41, 5.74) is 11.0. The lowest BCUT2D eigenvalue weighted by molar-refractivity contribution is -0.0588. The third kappa shape index (κ3) is 7.38. The Kier molecular flexibility index (Phi) is 9.86. The van der Waals surface area contributed by atoms with Crippen LogP contribution < -0.4 is 27.5 Å². The van der Waals surface area contributed by atoms with Crippen molar-refractivity contribution >= 4 is 30.9 Å². The Balaban J connectivity index is 1.17. The van der Waals surface area contributed by atoms with E-state index < -0.39 is 61.9 Å². The average Bonchev–Trinajstić information content (AvgIpc) is 3.82. The minimum Gasteiger partial charge on any atom is -0.502 e. The number of fused-ring (bicyclic) bond motifs is 1. The van der Waals surface area contributed by atoms with Crippen LogP contribution in [-0.4, -0.2) is 61.9 Å². The third-order valence-corrected chi connectivity index (χ3v) is 8.71. The fraction of sp³-hybridized carbons (Fsp3) is 0.188. The van der Waals surface area contributed by atoms with Gasteiger partial charge in [-0.3, -0.25) is 23.8 Å². The molecule has 0 aliphatic carbocycles. The van der Waals surface area contributed by atoms with Crippen molar-refractivity contribution in [2.24, 2.45) is 0 Å². The van der Waals surface area contributed by atoms with Gasteiger partial charge >= 0.3 is 13.5 Å². The number of phosphoric acid groups is 1. The maximum absolute atomic E-state index is 13.5. The molecule has 1 aliphatic rings. The summed E-state index contributed by atoms with van der Waals surface area (Å²) >= 11 is 0. The molecule has 0 radical (unpaired) electrons. The highest BCUT2D eigenvalue weighted by Crippen LogP contribution is 2.52. The van der Waals surface area contributed by atoms with E-state index in [0.717, 1.165) is 10.9 Å². The molecule has 5 heterocycles. The molecule has 21 nitrogen and oxygen atoms in total. The second kappa shape index (κ2) is 14.8. The van der Waals surface area contributed by atoms with Crippen molar-refractivity contribution < 1.29 is 47.3 Å². The van der Waals surface area contributed by atoms with E-state index in [9.17, 15) is 29.3 Å². The van der Waals surface area contributed by atoms with Gasteiger partial charge in [-0.2, -0.15) is 9.97 Å². The first-order valence-electron chi connectivity index (χ1n) is 15.8. The van der Waals surface area contributed by atoms with Gasteiger partial charge in [0.1, 0.15) is 32.5 Å². The van der Waals surface area contributed by atoms with Crippen LogP contribution in [0.4, 0.5) is 11.9 Å². The van der Waals surface area contributed by atoms with Gasteiger partial charge in [0.2, 0.25) is 29.6 Å². The molecule has 1 aliphatic heterocycles. The van der Waals surface area contributed by atoms with Crippen LogP contribution in [0.25, 0.3) is 17.0 Å². The number of anilines is 2. The Morgan fingerprint density at radius 3 is 2.33 bits per heavy atom. The van der Waals surface area contributed by atoms with Gasteiger partial charge in [0.15, 0.2) is 34.5 Å². The fourth-order valence-electron chi connectivity index (χ4n) is 5.35. The number of aliphatic hydroxyl groups is 1. The number of aromatic nitrogens is 7. The lowest BCUT2D eigenvalue weighted by Gasteiger charge is -2.23. The predicted molar refractivity (Wildman–Crippen MR) is 184 cm³/mol. The Hall–Kier alpha value is -6.51. The molecule has 280 valence electrons. The molecule has 2 unspecified atom stereocenters. The molecule has 8 N–H and O–H groups in total. The predicted octanol–water partition coefficient (Wildman–Crippen LogP) is 1.75. The van der Waals surface area contributed by atoms with E-state index in [1.807, 2.05) is 0 Å². The number of nitrogens with two attached hydrogens (primary N) is 2. The summed E-state index contributed by atoms with van der Waals surface area (Å²) in [6, 6.07) is 17.7. The van der Waals surface area contributed by atoms with Gasteiger partial charge in [-0.25, -0.2) is 23.9 Å². The van der Waals surface area contributed by atoms with Crippen molar-refractivity contribution in [3.63, 3.8) is 0 Å². The summed E-state index contributed by atoms with van der Waals surface area (Å²) in [6.07, 6.45) is -0.447. The number of rotatable bonds is 14. The molecule has 6 aromatic rings. The third-order valence-electron chi connectivity index (χ3n) is 7.83. The monoisotopic (exact) mass is 763 g/mol. The van der Waals surface area contributed by atoms with E-state index >= 15 is 0 Å². The molecule has 0 saturated carbocycles. The number of hydrogen-bond acceptors (Lipinski definition) is 17. The molecule has 0 spiro atoms. The van der Waals surface area contributed by atoms with Crippen molar-refractivity contribution in [1.29, 1.82) is 0 Å². The van der Waals surface area contributed by atoms with E-state index in [0.29, 0.717) is 11.1 Å². The number of ether oxygens (including phenoxy) is 3. The summed E-state index contributed by atoms with van der Waals surface area (Å²) in [4.78, 5) is 54.0. The Bertz CT molecular complexity index is 2500. The highest BCUT2D eigenvalue weighted by molar-refractivity contribution is 7.47. The number of imidazole rings is 1. The normalized spacial score (nSPS) is 16.7. The summed E-state index contributed by atoms with van der Waals surface area (Å²) in [5.74, 6) is -3.16. The highest BCUT2D eigenvalue weighted by atomic mass is 31.2. The second-order valence-corrected chi connectivity index (χ2v) is 12.8. The molecule has 0 amide bonds. The number of aromatic hydroxyl groups is 1. The van der Waals surface area contributed by atoms with Crippen molar-refractivity contribution in [3.8, 4) is 17.4 Å². The van der Waals surface area contributed by atoms with Gasteiger partial charge in [0.05, 0.1) is 6.61 Å². The number of phosphoric ester groups is 1. The summed E-state index contributed by atoms with van der Waals surface area (Å²) < 4.78 is 49.9. The lowest BCUT2D eigenvalue weighted by atomic mass is 10.2. The SMILES string of the molecule is Nc1ncn(-c2oc(COP(=O)(O)OC3=C(CO)O[C@@H](n4cnc5c(=O)[nH]c(N)nc54)C3OCc3ccccc3)c(O)c2OCc2ccccc2)c(=O)n1. The average molecular weight is 764 g/mol. The van der Waals surface area contributed by atoms with Gasteiger partial charge in [-0.1, -0.05) is 60.7 Å². The molecule has 22 heteroatoms. The molecule has 4 aromatic heterocycles. The van der Waals surface area contributed by atoms with Gasteiger partial charge in [-0.05, 0) is 11.1 Å². The van der Waals surface area contributed by atoms with Crippen molar-refractivity contribution in [3.05, 3.63) is 123 Å². The standard InChI is InChI=1S/C32H30N9O12P/c33-30-36-16-41(32(45)39-30)28-24(48-12-17-7-3-1-4-8-17)22(43)20(52-28)14-50-54(46,47)53-23-19(11-42)51-29(25(23)49-13-18-9-5-2-6-10-18)40-15-35-21-26(40)37-31(34)38-27(21)44/h1-10,15-16,25,29,42-43H,11-14H2,(H,46,47)(H2,33,39,45)(H3,34,37,38,44)/t25?,29-/m1/s1. The zero-order valence-electron chi connectivity index (χ0n) is 27.7. The van der Waals surface area contributed by atoms with Crippen LogP contribution in [0, 0.1) is 0 Å². The van der Waals surface area contributed by atoms with Crippen LogP contribution in [0.3, 0.4) is 0 Å². The molecule has 0 saturated heterocycles. The van der Waals surface area contributed by atoms with Gasteiger partial charge < -0.3 is 44.8 Å². The summed E-state index contributed by atoms with van der Waals surface area (Å²) in [5, 5.41) is 21.4. The van der Waals surface area contributed by atoms with Gasteiger partial charge in [0.25, 0.3) is 11.4 Å². The maximum Gasteiger partial charge on any atom is 0.527 e. The van der Waals surface area contributed by atoms with Crippen molar-refractivity contribution in [2.75, 3.05) is 18.1 Å². The highest BCUT2D eigenvalue weighted by Gasteiger charge is 2.45. The number of aromatic amines is 1. The Morgan fingerprint density at radius 2 is 1.65 bits per heavy atom. The van der Waals surface area contributed by atoms with E-state index in [2.05, 4.69) is 24.9 Å². The molecule has 2 aromatic carbocycles. The van der Waals surface area contributed by atoms with Crippen molar-refractivity contribution in [1.82, 2.24) is 34.1 Å². The summed E-state index contributed by atoms with van der Waals surface area (Å²) in [6.45, 7) is -1.90. The van der Waals surface area contributed by atoms with Gasteiger partial charge in [-0.15, -0.1) is 0 Å². The first-order chi connectivity index (χ1) is 26.0. The zero-order valence-corrected chi connectivity index (χ0v) is 28.6. The quantitative estimate of drug-likeness (QED) is 0.0861. The van der Waals surface area contributed by atoms with Crippen LogP contribution in [0.15, 0.2) is 98.8 Å². The summed E-state index contributed by atoms with van der Waals surface area (Å²) in [7, 11) is -5.20. The van der Waals surface area contributed by atoms with E-state index in [4.69, 9.17) is 39.1 Å². The first kappa shape index (κ1) is 35.9. The second-order valence-electron chi connectivity index (χ2n) is 11.4. The number of furan rings is 1. The number of nitrogens with one attached hydrogen (secondary N) is 1. The molecule has 0 fully saturated rings. The number of hydrogen-bond donors (Lipinski definition) is 6. The van der Waals surface area contributed by atoms with Crippen LogP contribution in [0.1, 0.15) is 23.1 Å². The van der Waals surface area contributed by atoms with E-state index in [-0.39, 0.29) is 53.7 Å². The van der Waals surface area contributed by atoms with Crippen LogP contribution >= 0.6 is 7.82 Å². The largest absolute Gasteiger partial charge is 0.527 e. The molecule has 0 bridgehead atoms. The molecule has 7 rings (SSSR count). The minimum absolute atomic E-state index is 0.0171.